The van der Waals surface area contributed by atoms with Crippen molar-refractivity contribution in [3.8, 4) is 28.4 Å². The van der Waals surface area contributed by atoms with Gasteiger partial charge in [0.15, 0.2) is 5.78 Å². The van der Waals surface area contributed by atoms with E-state index in [0.717, 1.165) is 42.8 Å². The Morgan fingerprint density at radius 3 is 1.91 bits per heavy atom. The Morgan fingerprint density at radius 1 is 0.765 bits per heavy atom. The highest BCUT2D eigenvalue weighted by Gasteiger charge is 2.37. The average Bonchev–Trinajstić information content (AvgIpc) is 3.19. The summed E-state index contributed by atoms with van der Waals surface area (Å²) in [4.78, 5) is 13.7. The maximum Gasteiger partial charge on any atom is 0.198 e. The second kappa shape index (κ2) is 9.96. The molecule has 2 fully saturated rings. The number of hydrogen-bond donors (Lipinski definition) is 2. The Bertz CT molecular complexity index is 1040. The summed E-state index contributed by atoms with van der Waals surface area (Å²) in [5, 5.41) is 7.14. The monoisotopic (exact) mass is 464 g/mol. The van der Waals surface area contributed by atoms with Crippen molar-refractivity contribution in [1.29, 1.82) is 0 Å². The zero-order valence-electron chi connectivity index (χ0n) is 20.5. The van der Waals surface area contributed by atoms with Gasteiger partial charge in [0.1, 0.15) is 29.5 Å². The van der Waals surface area contributed by atoms with Crippen LogP contribution >= 0.6 is 0 Å². The molecule has 5 rings (SSSR count). The first-order valence-corrected chi connectivity index (χ1v) is 12.8. The molecule has 2 aromatic carbocycles. The molecule has 4 unspecified atom stereocenters. The number of carbonyl (C=O) groups is 1. The zero-order chi connectivity index (χ0) is 23.7. The van der Waals surface area contributed by atoms with Gasteiger partial charge >= 0.3 is 0 Å². The van der Waals surface area contributed by atoms with Gasteiger partial charge in [-0.2, -0.15) is 0 Å². The van der Waals surface area contributed by atoms with Crippen LogP contribution in [0.2, 0.25) is 0 Å². The van der Waals surface area contributed by atoms with Gasteiger partial charge in [-0.05, 0) is 70.8 Å². The van der Waals surface area contributed by atoms with Gasteiger partial charge in [-0.3, -0.25) is 4.79 Å². The summed E-state index contributed by atoms with van der Waals surface area (Å²) in [5.41, 5.74) is 2.82. The number of hydrogen-bond acceptors (Lipinski definition) is 6. The Balaban J connectivity index is 1.50. The third-order valence-corrected chi connectivity index (χ3v) is 7.55. The van der Waals surface area contributed by atoms with Gasteiger partial charge in [0.2, 0.25) is 0 Å². The van der Waals surface area contributed by atoms with Crippen molar-refractivity contribution < 1.29 is 19.0 Å². The van der Waals surface area contributed by atoms with E-state index in [1.807, 2.05) is 30.3 Å². The first-order valence-electron chi connectivity index (χ1n) is 12.8. The van der Waals surface area contributed by atoms with Crippen molar-refractivity contribution in [3.05, 3.63) is 41.5 Å². The number of rotatable bonds is 7. The normalized spacial score (nSPS) is 23.6. The van der Waals surface area contributed by atoms with Crippen LogP contribution < -0.4 is 24.8 Å². The first kappa shape index (κ1) is 23.2. The van der Waals surface area contributed by atoms with Crippen molar-refractivity contribution in [2.45, 2.75) is 76.7 Å². The molecule has 1 aliphatic carbocycles. The maximum absolute atomic E-state index is 13.7. The fraction of sp³-hybridized carbons (Fsp3) is 0.536. The van der Waals surface area contributed by atoms with E-state index < -0.39 is 0 Å². The Hall–Kier alpha value is -2.57. The summed E-state index contributed by atoms with van der Waals surface area (Å²) in [5.74, 6) is 1.97. The number of nitrogens with one attached hydrogen (secondary N) is 2. The predicted molar refractivity (Wildman–Crippen MR) is 133 cm³/mol. The van der Waals surface area contributed by atoms with Crippen molar-refractivity contribution in [1.82, 2.24) is 10.6 Å². The molecule has 2 saturated heterocycles. The molecule has 2 aromatic rings. The van der Waals surface area contributed by atoms with E-state index in [9.17, 15) is 4.79 Å². The summed E-state index contributed by atoms with van der Waals surface area (Å²) in [6.07, 6.45) is 6.95. The summed E-state index contributed by atoms with van der Waals surface area (Å²) >= 11 is 0. The summed E-state index contributed by atoms with van der Waals surface area (Å²) in [7, 11) is 1.64. The molecule has 2 N–H and O–H groups in total. The lowest BCUT2D eigenvalue weighted by Crippen LogP contribution is -2.44. The van der Waals surface area contributed by atoms with Gasteiger partial charge in [-0.15, -0.1) is 0 Å². The van der Waals surface area contributed by atoms with Crippen LogP contribution in [-0.2, 0) is 0 Å². The molecular formula is C28H36N2O4. The van der Waals surface area contributed by atoms with Gasteiger partial charge in [0.25, 0.3) is 0 Å². The highest BCUT2D eigenvalue weighted by molar-refractivity contribution is 6.25. The molecule has 0 saturated carbocycles. The minimum Gasteiger partial charge on any atom is -0.496 e. The summed E-state index contributed by atoms with van der Waals surface area (Å²) in [6.45, 7) is 6.22. The Morgan fingerprint density at radius 2 is 1.35 bits per heavy atom. The third kappa shape index (κ3) is 4.29. The molecule has 6 heteroatoms. The van der Waals surface area contributed by atoms with Gasteiger partial charge in [0.05, 0.1) is 12.7 Å². The van der Waals surface area contributed by atoms with E-state index in [4.69, 9.17) is 14.2 Å². The molecule has 0 amide bonds. The maximum atomic E-state index is 13.7. The zero-order valence-corrected chi connectivity index (χ0v) is 20.5. The van der Waals surface area contributed by atoms with Crippen LogP contribution in [0, 0.1) is 0 Å². The highest BCUT2D eigenvalue weighted by atomic mass is 16.5. The van der Waals surface area contributed by atoms with Crippen LogP contribution in [0.25, 0.3) is 11.1 Å². The Labute approximate surface area is 202 Å². The van der Waals surface area contributed by atoms with Crippen LogP contribution in [0.1, 0.15) is 68.3 Å². The third-order valence-electron chi connectivity index (χ3n) is 7.55. The highest BCUT2D eigenvalue weighted by Crippen LogP contribution is 2.50. The molecule has 0 radical (unpaired) electrons. The lowest BCUT2D eigenvalue weighted by Gasteiger charge is -2.30. The topological polar surface area (TPSA) is 68.8 Å². The standard InChI is InChI=1S/C28H36N2O4/c1-17(20-10-4-6-15-29-20)33-23-12-8-9-19-25(23)26-22(32-3)13-14-24(27(26)28(19)31)34-18(2)21-11-5-7-16-30-21/h8-9,12-14,17-18,20-21,29-30H,4-7,10-11,15-16H2,1-3H3. The molecule has 4 atom stereocenters. The molecule has 34 heavy (non-hydrogen) atoms. The van der Waals surface area contributed by atoms with E-state index in [-0.39, 0.29) is 24.0 Å². The summed E-state index contributed by atoms with van der Waals surface area (Å²) < 4.78 is 18.6. The van der Waals surface area contributed by atoms with Crippen LogP contribution in [0.4, 0.5) is 0 Å². The molecular weight excluding hydrogens is 428 g/mol. The van der Waals surface area contributed by atoms with Crippen molar-refractivity contribution in [2.24, 2.45) is 0 Å². The number of ketones is 1. The van der Waals surface area contributed by atoms with E-state index in [1.165, 1.54) is 25.7 Å². The van der Waals surface area contributed by atoms with Crippen LogP contribution in [0.3, 0.4) is 0 Å². The Kier molecular flexibility index (Phi) is 6.79. The second-order valence-corrected chi connectivity index (χ2v) is 9.78. The molecule has 0 spiro atoms. The molecule has 2 heterocycles. The average molecular weight is 465 g/mol. The van der Waals surface area contributed by atoms with Crippen molar-refractivity contribution in [2.75, 3.05) is 20.2 Å². The fourth-order valence-corrected chi connectivity index (χ4v) is 5.64. The quantitative estimate of drug-likeness (QED) is 0.527. The molecule has 6 nitrogen and oxygen atoms in total. The molecule has 0 bridgehead atoms. The number of methoxy groups -OCH3 is 1. The lowest BCUT2D eigenvalue weighted by atomic mass is 9.99. The second-order valence-electron chi connectivity index (χ2n) is 9.78. The molecule has 2 aliphatic heterocycles. The van der Waals surface area contributed by atoms with Crippen LogP contribution in [0.5, 0.6) is 17.2 Å². The van der Waals surface area contributed by atoms with Gasteiger partial charge in [0, 0.05) is 28.8 Å². The number of carbonyl (C=O) groups excluding carboxylic acids is 1. The van der Waals surface area contributed by atoms with Crippen LogP contribution in [-0.4, -0.2) is 50.3 Å². The number of ether oxygens (including phenoxy) is 3. The van der Waals surface area contributed by atoms with Gasteiger partial charge in [-0.25, -0.2) is 0 Å². The van der Waals surface area contributed by atoms with E-state index >= 15 is 0 Å². The lowest BCUT2D eigenvalue weighted by molar-refractivity contribution is 0.103. The minimum absolute atomic E-state index is 0.00576. The van der Waals surface area contributed by atoms with E-state index in [2.05, 4.69) is 24.5 Å². The summed E-state index contributed by atoms with van der Waals surface area (Å²) in [6, 6.07) is 10.1. The SMILES string of the molecule is COc1ccc(OC(C)C2CCCCN2)c2c1-c1c(OC(C)C3CCCCN3)cccc1C2=O. The molecule has 0 aromatic heterocycles. The van der Waals surface area contributed by atoms with Crippen molar-refractivity contribution >= 4 is 5.78 Å². The van der Waals surface area contributed by atoms with E-state index in [1.54, 1.807) is 7.11 Å². The van der Waals surface area contributed by atoms with Gasteiger partial charge in [-0.1, -0.05) is 25.0 Å². The largest absolute Gasteiger partial charge is 0.496 e. The minimum atomic E-state index is -0.0394. The first-order chi connectivity index (χ1) is 16.6. The number of fused-ring (bicyclic) bond motifs is 3. The van der Waals surface area contributed by atoms with Gasteiger partial charge < -0.3 is 24.8 Å². The predicted octanol–water partition coefficient (Wildman–Crippen LogP) is 4.73. The molecule has 182 valence electrons. The smallest absolute Gasteiger partial charge is 0.198 e. The number of piperidine rings is 2. The van der Waals surface area contributed by atoms with Crippen molar-refractivity contribution in [3.63, 3.8) is 0 Å². The van der Waals surface area contributed by atoms with E-state index in [0.29, 0.717) is 28.7 Å². The molecule has 3 aliphatic rings. The fourth-order valence-electron chi connectivity index (χ4n) is 5.64. The number of benzene rings is 2. The van der Waals surface area contributed by atoms with Crippen LogP contribution in [0.15, 0.2) is 30.3 Å².